The zero-order chi connectivity index (χ0) is 15.4. The number of benzene rings is 1. The van der Waals surface area contributed by atoms with E-state index in [1.807, 2.05) is 13.2 Å². The van der Waals surface area contributed by atoms with Crippen molar-refractivity contribution >= 4 is 21.8 Å². The molecule has 7 heteroatoms. The number of hydrogen-bond donors (Lipinski definition) is 3. The van der Waals surface area contributed by atoms with Crippen molar-refractivity contribution in [2.24, 2.45) is 5.14 Å². The third-order valence-electron chi connectivity index (χ3n) is 2.95. The maximum absolute atomic E-state index is 11.2. The maximum atomic E-state index is 11.2. The van der Waals surface area contributed by atoms with Gasteiger partial charge in [0.2, 0.25) is 10.0 Å². The average Bonchev–Trinajstić information content (AvgIpc) is 2.35. The van der Waals surface area contributed by atoms with Crippen LogP contribution < -0.4 is 10.5 Å². The smallest absolute Gasteiger partial charge is 0.238 e. The molecule has 5 nitrogen and oxygen atoms in total. The largest absolute Gasteiger partial charge is 0.388 e. The zero-order valence-corrected chi connectivity index (χ0v) is 13.6. The summed E-state index contributed by atoms with van der Waals surface area (Å²) in [4.78, 5) is 0.0998. The van der Waals surface area contributed by atoms with Gasteiger partial charge in [-0.2, -0.15) is 11.8 Å². The standard InChI is InChI=1S/C13H22N2O3S2/c1-10(15-8-13(2,16)9-19-3)11-4-6-12(7-5-11)20(14,17)18/h4-7,10,15-16H,8-9H2,1-3H3,(H2,14,17,18). The molecule has 0 aromatic heterocycles. The molecule has 0 saturated heterocycles. The van der Waals surface area contributed by atoms with Gasteiger partial charge in [0, 0.05) is 18.3 Å². The molecule has 114 valence electrons. The van der Waals surface area contributed by atoms with E-state index >= 15 is 0 Å². The van der Waals surface area contributed by atoms with Crippen LogP contribution in [0, 0.1) is 0 Å². The lowest BCUT2D eigenvalue weighted by atomic mass is 10.1. The molecule has 0 amide bonds. The second kappa shape index (κ2) is 6.91. The Morgan fingerprint density at radius 1 is 1.40 bits per heavy atom. The highest BCUT2D eigenvalue weighted by Gasteiger charge is 2.20. The molecule has 1 aromatic carbocycles. The van der Waals surface area contributed by atoms with Crippen molar-refractivity contribution in [3.05, 3.63) is 29.8 Å². The molecule has 2 unspecified atom stereocenters. The molecule has 1 rings (SSSR count). The van der Waals surface area contributed by atoms with Gasteiger partial charge in [0.1, 0.15) is 0 Å². The van der Waals surface area contributed by atoms with Crippen LogP contribution in [-0.4, -0.2) is 37.7 Å². The van der Waals surface area contributed by atoms with Crippen molar-refractivity contribution in [3.63, 3.8) is 0 Å². The Morgan fingerprint density at radius 3 is 2.40 bits per heavy atom. The fourth-order valence-electron chi connectivity index (χ4n) is 1.80. The molecule has 0 radical (unpaired) electrons. The van der Waals surface area contributed by atoms with Gasteiger partial charge in [0.05, 0.1) is 10.5 Å². The average molecular weight is 318 g/mol. The highest BCUT2D eigenvalue weighted by Crippen LogP contribution is 2.17. The Kier molecular flexibility index (Phi) is 6.03. The minimum absolute atomic E-state index is 0.0119. The van der Waals surface area contributed by atoms with Crippen LogP contribution in [0.1, 0.15) is 25.5 Å². The lowest BCUT2D eigenvalue weighted by Crippen LogP contribution is -2.40. The Balaban J connectivity index is 2.67. The minimum Gasteiger partial charge on any atom is -0.388 e. The quantitative estimate of drug-likeness (QED) is 0.700. The predicted molar refractivity (Wildman–Crippen MR) is 83.2 cm³/mol. The molecule has 0 saturated carbocycles. The summed E-state index contributed by atoms with van der Waals surface area (Å²) in [7, 11) is -3.65. The van der Waals surface area contributed by atoms with Gasteiger partial charge in [-0.05, 0) is 37.8 Å². The number of rotatable bonds is 7. The van der Waals surface area contributed by atoms with Gasteiger partial charge in [0.25, 0.3) is 0 Å². The summed E-state index contributed by atoms with van der Waals surface area (Å²) in [6.45, 7) is 4.21. The summed E-state index contributed by atoms with van der Waals surface area (Å²) < 4.78 is 22.3. The van der Waals surface area contributed by atoms with E-state index in [0.29, 0.717) is 12.3 Å². The van der Waals surface area contributed by atoms with Crippen LogP contribution in [0.2, 0.25) is 0 Å². The number of thioether (sulfide) groups is 1. The predicted octanol–water partition coefficient (Wildman–Crippen LogP) is 1.10. The van der Waals surface area contributed by atoms with Crippen LogP contribution in [-0.2, 0) is 10.0 Å². The molecule has 20 heavy (non-hydrogen) atoms. The van der Waals surface area contributed by atoms with E-state index < -0.39 is 15.6 Å². The molecule has 1 aromatic rings. The second-order valence-electron chi connectivity index (χ2n) is 5.15. The van der Waals surface area contributed by atoms with E-state index in [0.717, 1.165) is 5.56 Å². The summed E-state index contributed by atoms with van der Waals surface area (Å²) >= 11 is 1.59. The third-order valence-corrected chi connectivity index (χ3v) is 4.79. The summed E-state index contributed by atoms with van der Waals surface area (Å²) in [5.41, 5.74) is 0.172. The number of sulfonamides is 1. The van der Waals surface area contributed by atoms with Crippen LogP contribution >= 0.6 is 11.8 Å². The maximum Gasteiger partial charge on any atom is 0.238 e. The molecule has 0 spiro atoms. The SMILES string of the molecule is CSCC(C)(O)CNC(C)c1ccc(S(N)(=O)=O)cc1. The fraction of sp³-hybridized carbons (Fsp3) is 0.538. The van der Waals surface area contributed by atoms with Crippen LogP contribution in [0.3, 0.4) is 0 Å². The van der Waals surface area contributed by atoms with Gasteiger partial charge in [-0.15, -0.1) is 0 Å². The Labute approximate surface area is 125 Å². The summed E-state index contributed by atoms with van der Waals surface area (Å²) in [6, 6.07) is 6.44. The fourth-order valence-corrected chi connectivity index (χ4v) is 3.04. The first-order chi connectivity index (χ1) is 9.15. The van der Waals surface area contributed by atoms with E-state index in [1.54, 1.807) is 30.8 Å². The molecule has 0 aliphatic rings. The van der Waals surface area contributed by atoms with E-state index in [1.165, 1.54) is 12.1 Å². The van der Waals surface area contributed by atoms with Crippen molar-refractivity contribution in [1.82, 2.24) is 5.32 Å². The van der Waals surface area contributed by atoms with Gasteiger partial charge in [0.15, 0.2) is 0 Å². The summed E-state index contributed by atoms with van der Waals surface area (Å²) in [5, 5.41) is 18.4. The molecule has 0 fully saturated rings. The Hall–Kier alpha value is -0.600. The van der Waals surface area contributed by atoms with Crippen LogP contribution in [0.25, 0.3) is 0 Å². The molecule has 0 aliphatic heterocycles. The topological polar surface area (TPSA) is 92.4 Å². The molecule has 0 heterocycles. The van der Waals surface area contributed by atoms with Crippen molar-refractivity contribution in [2.75, 3.05) is 18.6 Å². The van der Waals surface area contributed by atoms with Crippen molar-refractivity contribution < 1.29 is 13.5 Å². The first-order valence-electron chi connectivity index (χ1n) is 6.23. The second-order valence-corrected chi connectivity index (χ2v) is 7.57. The summed E-state index contributed by atoms with van der Waals surface area (Å²) in [5.74, 6) is 0.650. The Bertz CT molecular complexity index is 527. The first-order valence-corrected chi connectivity index (χ1v) is 9.17. The third kappa shape index (κ3) is 5.41. The zero-order valence-electron chi connectivity index (χ0n) is 12.0. The number of aliphatic hydroxyl groups is 1. The van der Waals surface area contributed by atoms with Gasteiger partial charge in [-0.3, -0.25) is 0 Å². The lowest BCUT2D eigenvalue weighted by Gasteiger charge is -2.25. The molecule has 0 bridgehead atoms. The molecule has 4 N–H and O–H groups in total. The van der Waals surface area contributed by atoms with Gasteiger partial charge in [-0.1, -0.05) is 12.1 Å². The molecule has 0 aliphatic carbocycles. The van der Waals surface area contributed by atoms with E-state index in [-0.39, 0.29) is 10.9 Å². The van der Waals surface area contributed by atoms with Crippen molar-refractivity contribution in [2.45, 2.75) is 30.4 Å². The highest BCUT2D eigenvalue weighted by atomic mass is 32.2. The van der Waals surface area contributed by atoms with Crippen molar-refractivity contribution in [1.29, 1.82) is 0 Å². The van der Waals surface area contributed by atoms with Crippen LogP contribution in [0.15, 0.2) is 29.2 Å². The number of hydrogen-bond acceptors (Lipinski definition) is 5. The highest BCUT2D eigenvalue weighted by molar-refractivity contribution is 7.98. The first kappa shape index (κ1) is 17.5. The van der Waals surface area contributed by atoms with Crippen molar-refractivity contribution in [3.8, 4) is 0 Å². The van der Waals surface area contributed by atoms with E-state index in [2.05, 4.69) is 5.32 Å². The van der Waals surface area contributed by atoms with Gasteiger partial charge >= 0.3 is 0 Å². The number of nitrogens with one attached hydrogen (secondary N) is 1. The van der Waals surface area contributed by atoms with E-state index in [4.69, 9.17) is 5.14 Å². The molecular weight excluding hydrogens is 296 g/mol. The monoisotopic (exact) mass is 318 g/mol. The normalized spacial score (nSPS) is 16.6. The number of nitrogens with two attached hydrogens (primary N) is 1. The minimum atomic E-state index is -3.65. The van der Waals surface area contributed by atoms with Gasteiger partial charge < -0.3 is 10.4 Å². The van der Waals surface area contributed by atoms with Gasteiger partial charge in [-0.25, -0.2) is 13.6 Å². The van der Waals surface area contributed by atoms with Crippen LogP contribution in [0.4, 0.5) is 0 Å². The lowest BCUT2D eigenvalue weighted by molar-refractivity contribution is 0.0821. The molecule has 2 atom stereocenters. The Morgan fingerprint density at radius 2 is 1.95 bits per heavy atom. The summed E-state index contributed by atoms with van der Waals surface area (Å²) in [6.07, 6.45) is 1.95. The van der Waals surface area contributed by atoms with Crippen LogP contribution in [0.5, 0.6) is 0 Å². The molecular formula is C13H22N2O3S2. The van der Waals surface area contributed by atoms with E-state index in [9.17, 15) is 13.5 Å². The number of primary sulfonamides is 1.